The molecule has 0 amide bonds. The summed E-state index contributed by atoms with van der Waals surface area (Å²) in [6.45, 7) is 1.94. The first-order valence-electron chi connectivity index (χ1n) is 5.06. The maximum Gasteiger partial charge on any atom is 0.137 e. The van der Waals surface area contributed by atoms with Gasteiger partial charge in [0.1, 0.15) is 5.82 Å². The molecule has 1 atom stereocenters. The molecule has 2 aromatic heterocycles. The fraction of sp³-hybridized carbons (Fsp3) is 0.364. The number of alkyl halides is 1. The summed E-state index contributed by atoms with van der Waals surface area (Å²) in [6.07, 6.45) is 2.94. The summed E-state index contributed by atoms with van der Waals surface area (Å²) in [7, 11) is 0. The van der Waals surface area contributed by atoms with E-state index in [9.17, 15) is 0 Å². The van der Waals surface area contributed by atoms with Crippen molar-refractivity contribution in [2.24, 2.45) is 0 Å². The van der Waals surface area contributed by atoms with Crippen LogP contribution in [0.2, 0.25) is 0 Å². The lowest BCUT2D eigenvalue weighted by molar-refractivity contribution is 0.946. The lowest BCUT2D eigenvalue weighted by Crippen LogP contribution is -2.20. The fourth-order valence-electron chi connectivity index (χ4n) is 2.04. The predicted molar refractivity (Wildman–Crippen MR) is 66.1 cm³/mol. The topological polar surface area (TPSA) is 16.1 Å². The van der Waals surface area contributed by atoms with Crippen molar-refractivity contribution in [2.45, 2.75) is 11.8 Å². The Bertz CT molecular complexity index is 482. The summed E-state index contributed by atoms with van der Waals surface area (Å²) in [6, 6.07) is 4.21. The largest absolute Gasteiger partial charge is 0.355 e. The Kier molecular flexibility index (Phi) is 2.29. The first-order chi connectivity index (χ1) is 7.34. The number of nitrogens with zero attached hydrogens (tertiary/aromatic N) is 2. The second-order valence-corrected chi connectivity index (χ2v) is 5.36. The molecular formula is C11H11ClN2S. The van der Waals surface area contributed by atoms with Crippen molar-refractivity contribution < 1.29 is 0 Å². The van der Waals surface area contributed by atoms with Gasteiger partial charge in [0.2, 0.25) is 0 Å². The molecule has 3 heterocycles. The summed E-state index contributed by atoms with van der Waals surface area (Å²) in [4.78, 5) is 6.75. The molecule has 0 bridgehead atoms. The van der Waals surface area contributed by atoms with Crippen LogP contribution in [0.3, 0.4) is 0 Å². The second kappa shape index (κ2) is 3.65. The van der Waals surface area contributed by atoms with E-state index >= 15 is 0 Å². The van der Waals surface area contributed by atoms with Crippen LogP contribution in [0.25, 0.3) is 10.1 Å². The number of hydrogen-bond acceptors (Lipinski definition) is 3. The Morgan fingerprint density at radius 1 is 1.47 bits per heavy atom. The Hall–Kier alpha value is -0.800. The van der Waals surface area contributed by atoms with Crippen molar-refractivity contribution in [3.8, 4) is 0 Å². The van der Waals surface area contributed by atoms with E-state index in [-0.39, 0.29) is 5.38 Å². The molecule has 0 aliphatic carbocycles. The Labute approximate surface area is 97.5 Å². The molecule has 1 saturated heterocycles. The number of anilines is 1. The monoisotopic (exact) mass is 238 g/mol. The molecule has 1 aliphatic rings. The molecule has 4 heteroatoms. The second-order valence-electron chi connectivity index (χ2n) is 3.80. The molecule has 1 aliphatic heterocycles. The van der Waals surface area contributed by atoms with Crippen molar-refractivity contribution in [2.75, 3.05) is 18.0 Å². The highest BCUT2D eigenvalue weighted by atomic mass is 35.5. The number of thiophene rings is 1. The zero-order valence-corrected chi connectivity index (χ0v) is 9.76. The van der Waals surface area contributed by atoms with Gasteiger partial charge in [-0.1, -0.05) is 0 Å². The van der Waals surface area contributed by atoms with E-state index in [2.05, 4.69) is 27.4 Å². The van der Waals surface area contributed by atoms with Gasteiger partial charge in [0.05, 0.1) is 5.38 Å². The normalized spacial score (nSPS) is 21.4. The average molecular weight is 239 g/mol. The lowest BCUT2D eigenvalue weighted by atomic mass is 10.3. The highest BCUT2D eigenvalue weighted by molar-refractivity contribution is 7.17. The van der Waals surface area contributed by atoms with Crippen LogP contribution in [0, 0.1) is 0 Å². The number of hydrogen-bond donors (Lipinski definition) is 0. The quantitative estimate of drug-likeness (QED) is 0.710. The maximum atomic E-state index is 6.12. The molecule has 0 spiro atoms. The van der Waals surface area contributed by atoms with Gasteiger partial charge in [-0.25, -0.2) is 4.98 Å². The summed E-state index contributed by atoms with van der Waals surface area (Å²) >= 11 is 7.88. The predicted octanol–water partition coefficient (Wildman–Crippen LogP) is 3.11. The van der Waals surface area contributed by atoms with E-state index in [1.807, 2.05) is 6.20 Å². The summed E-state index contributed by atoms with van der Waals surface area (Å²) in [5.41, 5.74) is 0. The lowest BCUT2D eigenvalue weighted by Gasteiger charge is -2.17. The average Bonchev–Trinajstić information content (AvgIpc) is 2.84. The molecule has 15 heavy (non-hydrogen) atoms. The minimum atomic E-state index is 0.278. The molecule has 78 valence electrons. The van der Waals surface area contributed by atoms with E-state index in [1.54, 1.807) is 11.3 Å². The smallest absolute Gasteiger partial charge is 0.137 e. The first-order valence-corrected chi connectivity index (χ1v) is 6.37. The Morgan fingerprint density at radius 2 is 2.40 bits per heavy atom. The van der Waals surface area contributed by atoms with Gasteiger partial charge in [-0.3, -0.25) is 0 Å². The van der Waals surface area contributed by atoms with Gasteiger partial charge in [-0.15, -0.1) is 22.9 Å². The minimum Gasteiger partial charge on any atom is -0.355 e. The van der Waals surface area contributed by atoms with Crippen LogP contribution in [0.5, 0.6) is 0 Å². The summed E-state index contributed by atoms with van der Waals surface area (Å²) < 4.78 is 1.30. The van der Waals surface area contributed by atoms with E-state index in [4.69, 9.17) is 11.6 Å². The number of halogens is 1. The molecule has 0 aromatic carbocycles. The molecule has 2 nitrogen and oxygen atoms in total. The Morgan fingerprint density at radius 3 is 3.20 bits per heavy atom. The minimum absolute atomic E-state index is 0.278. The van der Waals surface area contributed by atoms with E-state index in [1.165, 1.54) is 10.1 Å². The first kappa shape index (κ1) is 9.43. The molecule has 2 aromatic rings. The van der Waals surface area contributed by atoms with Crippen molar-refractivity contribution in [3.63, 3.8) is 0 Å². The van der Waals surface area contributed by atoms with E-state index in [0.717, 1.165) is 25.3 Å². The van der Waals surface area contributed by atoms with Crippen LogP contribution in [0.4, 0.5) is 5.82 Å². The van der Waals surface area contributed by atoms with Crippen LogP contribution in [-0.2, 0) is 0 Å². The zero-order chi connectivity index (χ0) is 10.3. The third-order valence-electron chi connectivity index (χ3n) is 2.79. The highest BCUT2D eigenvalue weighted by Crippen LogP contribution is 2.31. The van der Waals surface area contributed by atoms with Gasteiger partial charge in [-0.05, 0) is 23.9 Å². The van der Waals surface area contributed by atoms with E-state index in [0.29, 0.717) is 0 Å². The summed E-state index contributed by atoms with van der Waals surface area (Å²) in [5, 5.41) is 3.65. The number of fused-ring (bicyclic) bond motifs is 1. The molecule has 0 saturated carbocycles. The fourth-order valence-corrected chi connectivity index (χ4v) is 3.08. The Balaban J connectivity index is 2.06. The SMILES string of the molecule is ClC1CCN(c2nccc3sccc23)C1. The van der Waals surface area contributed by atoms with Crippen LogP contribution in [0.15, 0.2) is 23.7 Å². The third kappa shape index (κ3) is 1.60. The maximum absolute atomic E-state index is 6.12. The van der Waals surface area contributed by atoms with Crippen molar-refractivity contribution in [1.29, 1.82) is 0 Å². The third-order valence-corrected chi connectivity index (χ3v) is 4.03. The van der Waals surface area contributed by atoms with Gasteiger partial charge in [0.25, 0.3) is 0 Å². The molecule has 0 radical (unpaired) electrons. The number of aromatic nitrogens is 1. The molecular weight excluding hydrogens is 228 g/mol. The van der Waals surface area contributed by atoms with Crippen molar-refractivity contribution >= 4 is 38.8 Å². The summed E-state index contributed by atoms with van der Waals surface area (Å²) in [5.74, 6) is 1.09. The number of rotatable bonds is 1. The number of pyridine rings is 1. The van der Waals surface area contributed by atoms with Gasteiger partial charge < -0.3 is 4.90 Å². The van der Waals surface area contributed by atoms with Crippen LogP contribution in [0.1, 0.15) is 6.42 Å². The van der Waals surface area contributed by atoms with E-state index < -0.39 is 0 Å². The van der Waals surface area contributed by atoms with Crippen LogP contribution >= 0.6 is 22.9 Å². The molecule has 1 unspecified atom stereocenters. The van der Waals surface area contributed by atoms with Crippen molar-refractivity contribution in [1.82, 2.24) is 4.98 Å². The van der Waals surface area contributed by atoms with Crippen LogP contribution < -0.4 is 4.90 Å². The van der Waals surface area contributed by atoms with Gasteiger partial charge >= 0.3 is 0 Å². The molecule has 3 rings (SSSR count). The van der Waals surface area contributed by atoms with Crippen LogP contribution in [-0.4, -0.2) is 23.5 Å². The van der Waals surface area contributed by atoms with Gasteiger partial charge in [0.15, 0.2) is 0 Å². The van der Waals surface area contributed by atoms with Crippen molar-refractivity contribution in [3.05, 3.63) is 23.7 Å². The molecule has 1 fully saturated rings. The standard InChI is InChI=1S/C11H11ClN2S/c12-8-2-5-14(7-8)11-9-3-6-15-10(9)1-4-13-11/h1,3-4,6,8H,2,5,7H2. The van der Waals surface area contributed by atoms with Gasteiger partial charge in [0, 0.05) is 29.4 Å². The molecule has 0 N–H and O–H groups in total. The van der Waals surface area contributed by atoms with Gasteiger partial charge in [-0.2, -0.15) is 0 Å². The highest BCUT2D eigenvalue weighted by Gasteiger charge is 2.22. The zero-order valence-electron chi connectivity index (χ0n) is 8.19.